The van der Waals surface area contributed by atoms with Gasteiger partial charge < -0.3 is 14.3 Å². The molecule has 0 saturated carbocycles. The normalized spacial score (nSPS) is 14.6. The molecular weight excluding hydrogens is 613 g/mol. The fourth-order valence-electron chi connectivity index (χ4n) is 7.36. The predicted molar refractivity (Wildman–Crippen MR) is 205 cm³/mol. The number of fused-ring (bicyclic) bond motifs is 6. The summed E-state index contributed by atoms with van der Waals surface area (Å²) in [6.45, 7) is 0. The van der Waals surface area contributed by atoms with Gasteiger partial charge in [-0.3, -0.25) is 0 Å². The lowest BCUT2D eigenvalue weighted by Crippen LogP contribution is -2.33. The maximum absolute atomic E-state index is 6.84. The summed E-state index contributed by atoms with van der Waals surface area (Å²) in [7, 11) is 0. The van der Waals surface area contributed by atoms with Gasteiger partial charge in [0, 0.05) is 32.7 Å². The molecule has 5 heteroatoms. The first-order chi connectivity index (χ1) is 24.8. The van der Waals surface area contributed by atoms with Crippen molar-refractivity contribution < 1.29 is 4.42 Å². The van der Waals surface area contributed by atoms with Crippen LogP contribution in [0, 0.1) is 0 Å². The van der Waals surface area contributed by atoms with Crippen LogP contribution in [0.1, 0.15) is 22.9 Å². The molecule has 236 valence electrons. The average molecular weight is 643 g/mol. The third kappa shape index (κ3) is 4.55. The largest absolute Gasteiger partial charge is 0.454 e. The van der Waals surface area contributed by atoms with Gasteiger partial charge in [0.2, 0.25) is 0 Å². The van der Waals surface area contributed by atoms with E-state index in [1.807, 2.05) is 36.4 Å². The molecule has 0 bridgehead atoms. The number of nitrogens with zero attached hydrogens (tertiary/aromatic N) is 3. The highest BCUT2D eigenvalue weighted by Crippen LogP contribution is 2.41. The van der Waals surface area contributed by atoms with Crippen LogP contribution in [-0.4, -0.2) is 16.2 Å². The van der Waals surface area contributed by atoms with Gasteiger partial charge in [0.05, 0.1) is 16.7 Å². The molecule has 7 aromatic carbocycles. The van der Waals surface area contributed by atoms with Crippen LogP contribution in [0.2, 0.25) is 0 Å². The molecule has 3 heterocycles. The highest BCUT2D eigenvalue weighted by molar-refractivity contribution is 6.18. The van der Waals surface area contributed by atoms with Crippen molar-refractivity contribution in [1.29, 1.82) is 0 Å². The number of hydrogen-bond acceptors (Lipinski definition) is 4. The molecule has 1 aliphatic heterocycles. The van der Waals surface area contributed by atoms with Gasteiger partial charge in [-0.1, -0.05) is 140 Å². The number of aliphatic imine (C=N–C) groups is 2. The quantitative estimate of drug-likeness (QED) is 0.203. The number of para-hydroxylation sites is 2. The van der Waals surface area contributed by atoms with Gasteiger partial charge in [-0.05, 0) is 47.0 Å². The molecule has 1 aliphatic rings. The Balaban J connectivity index is 1.14. The second-order valence-corrected chi connectivity index (χ2v) is 12.6. The summed E-state index contributed by atoms with van der Waals surface area (Å²) in [6, 6.07) is 59.1. The van der Waals surface area contributed by atoms with Crippen molar-refractivity contribution >= 4 is 55.4 Å². The Kier molecular flexibility index (Phi) is 6.49. The lowest BCUT2D eigenvalue weighted by Gasteiger charge is -2.23. The summed E-state index contributed by atoms with van der Waals surface area (Å²) >= 11 is 0. The minimum atomic E-state index is -0.270. The Morgan fingerprint density at radius 3 is 2.04 bits per heavy atom. The fraction of sp³-hybridized carbons (Fsp3) is 0.0222. The molecule has 1 atom stereocenters. The first-order valence-corrected chi connectivity index (χ1v) is 16.9. The highest BCUT2D eigenvalue weighted by atomic mass is 16.3. The first-order valence-electron chi connectivity index (χ1n) is 16.9. The zero-order valence-electron chi connectivity index (χ0n) is 27.0. The van der Waals surface area contributed by atoms with Crippen LogP contribution in [0.5, 0.6) is 0 Å². The lowest BCUT2D eigenvalue weighted by atomic mass is 9.99. The van der Waals surface area contributed by atoms with Crippen molar-refractivity contribution in [3.63, 3.8) is 0 Å². The monoisotopic (exact) mass is 642 g/mol. The van der Waals surface area contributed by atoms with E-state index in [-0.39, 0.29) is 6.17 Å². The zero-order valence-corrected chi connectivity index (χ0v) is 27.0. The van der Waals surface area contributed by atoms with E-state index in [0.717, 1.165) is 61.2 Å². The van der Waals surface area contributed by atoms with E-state index in [4.69, 9.17) is 14.4 Å². The Morgan fingerprint density at radius 1 is 0.540 bits per heavy atom. The van der Waals surface area contributed by atoms with Crippen molar-refractivity contribution in [2.75, 3.05) is 0 Å². The summed E-state index contributed by atoms with van der Waals surface area (Å²) in [5.41, 5.74) is 10.3. The van der Waals surface area contributed by atoms with Gasteiger partial charge in [-0.2, -0.15) is 0 Å². The van der Waals surface area contributed by atoms with Crippen molar-refractivity contribution in [3.8, 4) is 16.8 Å². The van der Waals surface area contributed by atoms with Gasteiger partial charge in [0.1, 0.15) is 17.6 Å². The molecule has 0 amide bonds. The van der Waals surface area contributed by atoms with Crippen LogP contribution < -0.4 is 5.32 Å². The van der Waals surface area contributed by atoms with Crippen LogP contribution in [0.4, 0.5) is 0 Å². The first kappa shape index (κ1) is 28.3. The lowest BCUT2D eigenvalue weighted by molar-refractivity contribution is 0.664. The highest BCUT2D eigenvalue weighted by Gasteiger charge is 2.23. The smallest absolute Gasteiger partial charge is 0.159 e. The Hall–Kier alpha value is -6.72. The van der Waals surface area contributed by atoms with E-state index in [1.165, 1.54) is 21.9 Å². The van der Waals surface area contributed by atoms with E-state index in [1.54, 1.807) is 0 Å². The molecule has 0 aliphatic carbocycles. The van der Waals surface area contributed by atoms with Crippen molar-refractivity contribution in [2.45, 2.75) is 6.17 Å². The second kappa shape index (κ2) is 11.5. The molecule has 10 rings (SSSR count). The summed E-state index contributed by atoms with van der Waals surface area (Å²) < 4.78 is 9.19. The molecule has 1 N–H and O–H groups in total. The van der Waals surface area contributed by atoms with Crippen LogP contribution in [-0.2, 0) is 0 Å². The minimum absolute atomic E-state index is 0.270. The molecule has 2 aromatic heterocycles. The van der Waals surface area contributed by atoms with Gasteiger partial charge in [-0.25, -0.2) is 9.98 Å². The molecule has 0 fully saturated rings. The van der Waals surface area contributed by atoms with Crippen LogP contribution in [0.3, 0.4) is 0 Å². The van der Waals surface area contributed by atoms with E-state index in [0.29, 0.717) is 5.84 Å². The number of rotatable bonds is 5. The van der Waals surface area contributed by atoms with Gasteiger partial charge in [-0.15, -0.1) is 0 Å². The topological polar surface area (TPSA) is 54.8 Å². The Labute approximate surface area is 288 Å². The van der Waals surface area contributed by atoms with E-state index >= 15 is 0 Å². The number of benzene rings is 7. The number of nitrogens with one attached hydrogen (secondary N) is 1. The molecule has 0 saturated heterocycles. The third-order valence-electron chi connectivity index (χ3n) is 9.66. The van der Waals surface area contributed by atoms with Gasteiger partial charge >= 0.3 is 0 Å². The van der Waals surface area contributed by atoms with Gasteiger partial charge in [0.15, 0.2) is 11.4 Å². The number of amidine groups is 2. The van der Waals surface area contributed by atoms with E-state index < -0.39 is 0 Å². The van der Waals surface area contributed by atoms with E-state index in [2.05, 4.69) is 143 Å². The molecule has 9 aromatic rings. The van der Waals surface area contributed by atoms with Crippen LogP contribution >= 0.6 is 0 Å². The standard InChI is InChI=1S/C45H30N4O/c1-4-14-29(15-5-1)33-21-12-24-38-41(33)36-20-10-11-23-37(36)49(38)39-25-13-22-35-34-27-26-32(28-40(34)50-42(35)39)45-47-43(30-16-6-2-7-17-30)46-44(48-45)31-18-8-3-9-19-31/h1-28,43H,(H,46,47,48). The van der Waals surface area contributed by atoms with Crippen molar-refractivity contribution in [2.24, 2.45) is 9.98 Å². The zero-order chi connectivity index (χ0) is 33.0. The summed E-state index contributed by atoms with van der Waals surface area (Å²) in [5, 5.41) is 8.17. The molecule has 50 heavy (non-hydrogen) atoms. The predicted octanol–water partition coefficient (Wildman–Crippen LogP) is 10.8. The minimum Gasteiger partial charge on any atom is -0.454 e. The maximum atomic E-state index is 6.84. The number of hydrogen-bond donors (Lipinski definition) is 1. The fourth-order valence-corrected chi connectivity index (χ4v) is 7.36. The SMILES string of the molecule is c1ccc(C2=NC(c3ccccc3)NC(c3ccc4c(c3)oc3c(-n5c6ccccc6c6c(-c7ccccc7)cccc65)cccc34)=N2)cc1. The maximum Gasteiger partial charge on any atom is 0.159 e. The van der Waals surface area contributed by atoms with Crippen LogP contribution in [0.25, 0.3) is 60.6 Å². The molecule has 0 radical (unpaired) electrons. The molecular formula is C45H30N4O. The number of aromatic nitrogens is 1. The second-order valence-electron chi connectivity index (χ2n) is 12.6. The van der Waals surface area contributed by atoms with Gasteiger partial charge in [0.25, 0.3) is 0 Å². The third-order valence-corrected chi connectivity index (χ3v) is 9.66. The molecule has 0 spiro atoms. The summed E-state index contributed by atoms with van der Waals surface area (Å²) in [4.78, 5) is 10.0. The number of furan rings is 1. The van der Waals surface area contributed by atoms with E-state index in [9.17, 15) is 0 Å². The summed E-state index contributed by atoms with van der Waals surface area (Å²) in [6.07, 6.45) is -0.270. The van der Waals surface area contributed by atoms with Crippen LogP contribution in [0.15, 0.2) is 184 Å². The molecule has 5 nitrogen and oxygen atoms in total. The molecule has 1 unspecified atom stereocenters. The summed E-state index contributed by atoms with van der Waals surface area (Å²) in [5.74, 6) is 1.45. The van der Waals surface area contributed by atoms with Crippen molar-refractivity contribution in [3.05, 3.63) is 187 Å². The Morgan fingerprint density at radius 2 is 1.22 bits per heavy atom. The average Bonchev–Trinajstić information content (AvgIpc) is 3.74. The Bertz CT molecular complexity index is 2780. The van der Waals surface area contributed by atoms with Crippen molar-refractivity contribution in [1.82, 2.24) is 9.88 Å².